The Labute approximate surface area is 259 Å². The number of carbonyl (C=O) groups excluding carboxylic acids is 1. The summed E-state index contributed by atoms with van der Waals surface area (Å²) in [5, 5.41) is 10.9. The van der Waals surface area contributed by atoms with E-state index in [0.717, 1.165) is 40.1 Å². The fourth-order valence-electron chi connectivity index (χ4n) is 5.28. The second-order valence-corrected chi connectivity index (χ2v) is 15.1. The second kappa shape index (κ2) is 15.4. The molecule has 0 saturated heterocycles. The summed E-state index contributed by atoms with van der Waals surface area (Å²) in [6, 6.07) is 17.5. The van der Waals surface area contributed by atoms with Crippen molar-refractivity contribution in [2.24, 2.45) is 3.21 Å². The zero-order valence-corrected chi connectivity index (χ0v) is 28.6. The fraction of sp³-hybridized carbons (Fsp3) is 0.419. The molecule has 0 radical (unpaired) electrons. The molecule has 1 unspecified atom stereocenters. The Kier molecular flexibility index (Phi) is 12.6. The third kappa shape index (κ3) is 7.82. The van der Waals surface area contributed by atoms with Gasteiger partial charge < -0.3 is 7.43 Å². The van der Waals surface area contributed by atoms with Gasteiger partial charge in [-0.3, -0.25) is 0 Å². The molecule has 2 aromatic rings. The first kappa shape index (κ1) is 31.1. The number of nitrogens with one attached hydrogen (secondary N) is 2. The second-order valence-electron chi connectivity index (χ2n) is 9.84. The summed E-state index contributed by atoms with van der Waals surface area (Å²) < 4.78 is 13.4. The van der Waals surface area contributed by atoms with Crippen LogP contribution < -0.4 is 10.1 Å². The van der Waals surface area contributed by atoms with Gasteiger partial charge in [0.1, 0.15) is 0 Å². The van der Waals surface area contributed by atoms with Crippen LogP contribution in [0.1, 0.15) is 68.9 Å². The predicted molar refractivity (Wildman–Crippen MR) is 161 cm³/mol. The molecular weight excluding hydrogens is 811 g/mol. The van der Waals surface area contributed by atoms with Gasteiger partial charge in [-0.05, 0) is 5.56 Å². The van der Waals surface area contributed by atoms with Crippen LogP contribution in [0.2, 0.25) is 0 Å². The number of hydrogen-bond donors (Lipinski definition) is 2. The maximum Gasteiger partial charge on any atom is 2.00 e. The summed E-state index contributed by atoms with van der Waals surface area (Å²) in [4.78, 5) is 13.4. The van der Waals surface area contributed by atoms with Gasteiger partial charge in [0.25, 0.3) is 0 Å². The largest absolute Gasteiger partial charge is 2.00 e. The first-order valence-corrected chi connectivity index (χ1v) is 16.5. The van der Waals surface area contributed by atoms with Crippen LogP contribution in [0.25, 0.3) is 0 Å². The summed E-state index contributed by atoms with van der Waals surface area (Å²) in [7, 11) is 0. The number of benzene rings is 2. The molecule has 0 bridgehead atoms. The molecule has 0 aromatic heterocycles. The van der Waals surface area contributed by atoms with Crippen molar-refractivity contribution in [3.63, 3.8) is 0 Å². The van der Waals surface area contributed by atoms with Crippen LogP contribution >= 0.6 is 20.1 Å². The minimum absolute atomic E-state index is 0. The molecule has 2 aromatic carbocycles. The molecule has 1 saturated carbocycles. The van der Waals surface area contributed by atoms with Crippen LogP contribution in [-0.2, 0) is 17.8 Å². The topological polar surface area (TPSA) is 74.5 Å². The summed E-state index contributed by atoms with van der Waals surface area (Å²) >= 11 is -1.66. The van der Waals surface area contributed by atoms with Gasteiger partial charge in [0.15, 0.2) is 0 Å². The molecule has 5 rings (SSSR count). The van der Waals surface area contributed by atoms with Gasteiger partial charge in [0, 0.05) is 0 Å². The molecule has 1 heterocycles. The first-order chi connectivity index (χ1) is 17.7. The standard InChI is InChI=1S/C30H35IN3O2.CH3.U/c32-20-25(19-22-15-17-26(18-16-22)36-21-23-9-3-1-4-10-23)33-30(35)29-27-13-7-8-14-28(27)31(34-29)24-11-5-2-6-12-24;;/h1,3-4,9-10,15-18,24-25,32H,2,5-8,11-14,19,21H2,(H,33,35);1H3;/q2*-1;+2. The van der Waals surface area contributed by atoms with Crippen molar-refractivity contribution in [3.8, 4) is 5.75 Å². The van der Waals surface area contributed by atoms with Crippen LogP contribution in [0.3, 0.4) is 0 Å². The molecule has 38 heavy (non-hydrogen) atoms. The summed E-state index contributed by atoms with van der Waals surface area (Å²) in [6.45, 7) is 0.526. The predicted octanol–water partition coefficient (Wildman–Crippen LogP) is 7.31. The van der Waals surface area contributed by atoms with E-state index in [1.807, 2.05) is 54.6 Å². The summed E-state index contributed by atoms with van der Waals surface area (Å²) in [5.41, 5.74) is 4.13. The van der Waals surface area contributed by atoms with E-state index in [0.29, 0.717) is 18.7 Å². The van der Waals surface area contributed by atoms with Gasteiger partial charge in [0.2, 0.25) is 0 Å². The van der Waals surface area contributed by atoms with Gasteiger partial charge in [-0.2, -0.15) is 0 Å². The molecule has 7 heteroatoms. The Hall–Kier alpha value is -1.43. The van der Waals surface area contributed by atoms with Crippen molar-refractivity contribution in [3.05, 3.63) is 82.3 Å². The van der Waals surface area contributed by atoms with Gasteiger partial charge in [-0.25, -0.2) is 0 Å². The Morgan fingerprint density at radius 3 is 2.42 bits per heavy atom. The average Bonchev–Trinajstić information content (AvgIpc) is 3.33. The molecule has 1 atom stereocenters. The van der Waals surface area contributed by atoms with Crippen LogP contribution in [-0.4, -0.2) is 27.8 Å². The molecule has 200 valence electrons. The van der Waals surface area contributed by atoms with E-state index in [2.05, 4.69) is 11.5 Å². The molecule has 1 aliphatic heterocycles. The maximum atomic E-state index is 13.4. The van der Waals surface area contributed by atoms with Crippen molar-refractivity contribution in [1.29, 1.82) is 5.41 Å². The van der Waals surface area contributed by atoms with Gasteiger partial charge in [-0.15, -0.1) is 0 Å². The average molecular weight is 850 g/mol. The number of alkyl halides is 1. The number of ether oxygens (including phenoxy) is 1. The van der Waals surface area contributed by atoms with E-state index in [9.17, 15) is 4.79 Å². The van der Waals surface area contributed by atoms with Crippen molar-refractivity contribution in [2.75, 3.05) is 0 Å². The van der Waals surface area contributed by atoms with Gasteiger partial charge >= 0.3 is 218 Å². The fourth-order valence-corrected chi connectivity index (χ4v) is 12.2. The Morgan fingerprint density at radius 1 is 1.00 bits per heavy atom. The first-order valence-electron chi connectivity index (χ1n) is 13.2. The van der Waals surface area contributed by atoms with E-state index in [4.69, 9.17) is 13.4 Å². The number of rotatable bonds is 9. The minimum Gasteiger partial charge on any atom is -0.358 e. The molecule has 0 spiro atoms. The third-order valence-corrected chi connectivity index (χ3v) is 13.7. The number of hydrogen-bond acceptors (Lipinski definition) is 4. The van der Waals surface area contributed by atoms with E-state index in [-0.39, 0.29) is 44.4 Å². The Bertz CT molecular complexity index is 1130. The van der Waals surface area contributed by atoms with Crippen molar-refractivity contribution < 1.29 is 40.6 Å². The minimum atomic E-state index is -1.66. The molecule has 2 N–H and O–H groups in total. The smallest absolute Gasteiger partial charge is 0.358 e. The SMILES string of the molecule is N=[C-]C(Cc1ccc(OCc2ccccc2)cc1)NC(=O)C1=NI(C2CCCCC2)C2=C1CCCC2.[CH3-].[U+2]. The molecule has 1 amide bonds. The summed E-state index contributed by atoms with van der Waals surface area (Å²) in [5.74, 6) is 0.700. The molecule has 3 aliphatic rings. The summed E-state index contributed by atoms with van der Waals surface area (Å²) in [6.07, 6.45) is 14.2. The Balaban J connectivity index is 0.00000200. The van der Waals surface area contributed by atoms with Gasteiger partial charge in [-0.1, -0.05) is 30.3 Å². The van der Waals surface area contributed by atoms with E-state index in [1.54, 1.807) is 3.58 Å². The number of carbonyl (C=O) groups is 1. The van der Waals surface area contributed by atoms with E-state index in [1.165, 1.54) is 44.1 Å². The van der Waals surface area contributed by atoms with Crippen LogP contribution in [0, 0.1) is 43.9 Å². The zero-order valence-electron chi connectivity index (χ0n) is 22.3. The maximum absolute atomic E-state index is 13.4. The Morgan fingerprint density at radius 2 is 1.71 bits per heavy atom. The number of amides is 1. The molecule has 1 fully saturated rings. The van der Waals surface area contributed by atoms with E-state index < -0.39 is 26.1 Å². The quantitative estimate of drug-likeness (QED) is 0.120. The third-order valence-electron chi connectivity index (χ3n) is 7.23. The van der Waals surface area contributed by atoms with Crippen molar-refractivity contribution >= 4 is 37.9 Å². The van der Waals surface area contributed by atoms with Crippen LogP contribution in [0.4, 0.5) is 0 Å². The number of nitrogens with zero attached hydrogens (tertiary/aromatic N) is 1. The number of halogens is 1. The zero-order chi connectivity index (χ0) is 24.7. The molecule has 5 nitrogen and oxygen atoms in total. The van der Waals surface area contributed by atoms with Gasteiger partial charge in [0.05, 0.1) is 0 Å². The monoisotopic (exact) mass is 849 g/mol. The number of allylic oxidation sites excluding steroid dienone is 1. The normalized spacial score (nSPS) is 18.8. The van der Waals surface area contributed by atoms with Crippen LogP contribution in [0.15, 0.2) is 67.0 Å². The van der Waals surface area contributed by atoms with E-state index >= 15 is 0 Å². The molecule has 2 aliphatic carbocycles. The van der Waals surface area contributed by atoms with Crippen molar-refractivity contribution in [2.45, 2.75) is 80.8 Å². The van der Waals surface area contributed by atoms with Crippen molar-refractivity contribution in [1.82, 2.24) is 5.32 Å². The van der Waals surface area contributed by atoms with Crippen LogP contribution in [0.5, 0.6) is 5.75 Å². The molecular formula is C31H38IN3O2U.